The quantitative estimate of drug-likeness (QED) is 0.535. The number of rotatable bonds is 4. The van der Waals surface area contributed by atoms with Crippen molar-refractivity contribution < 1.29 is 4.74 Å². The molecule has 0 aliphatic carbocycles. The highest BCUT2D eigenvalue weighted by molar-refractivity contribution is 4.85. The smallest absolute Gasteiger partial charge is 0.202 e. The van der Waals surface area contributed by atoms with Crippen LogP contribution in [0.3, 0.4) is 0 Å². The average Bonchev–Trinajstić information content (AvgIpc) is 1.88. The first-order valence-corrected chi connectivity index (χ1v) is 3.03. The van der Waals surface area contributed by atoms with Gasteiger partial charge in [-0.15, -0.1) is 0 Å². The topological polar surface area (TPSA) is 33.3 Å². The molecule has 0 aromatic heterocycles. The molecule has 0 fully saturated rings. The summed E-state index contributed by atoms with van der Waals surface area (Å²) in [6, 6.07) is 0. The molecule has 0 atom stereocenters. The van der Waals surface area contributed by atoms with E-state index in [1.165, 1.54) is 0 Å². The standard InChI is InChI=1S/C6H14N2O/c1-4-9-6(8-3)5-7-2/h5,7-8H,4H2,1-3H3/b6-5+. The van der Waals surface area contributed by atoms with Gasteiger partial charge >= 0.3 is 0 Å². The van der Waals surface area contributed by atoms with Crippen molar-refractivity contribution in [1.82, 2.24) is 10.6 Å². The van der Waals surface area contributed by atoms with Crippen molar-refractivity contribution in [2.45, 2.75) is 6.92 Å². The molecule has 9 heavy (non-hydrogen) atoms. The summed E-state index contributed by atoms with van der Waals surface area (Å²) >= 11 is 0. The third-order valence-electron chi connectivity index (χ3n) is 0.822. The summed E-state index contributed by atoms with van der Waals surface area (Å²) in [5, 5.41) is 5.73. The van der Waals surface area contributed by atoms with Crippen LogP contribution in [0.15, 0.2) is 12.1 Å². The number of hydrogen-bond donors (Lipinski definition) is 2. The predicted molar refractivity (Wildman–Crippen MR) is 37.8 cm³/mol. The zero-order valence-corrected chi connectivity index (χ0v) is 6.19. The Bertz CT molecular complexity index is 91.1. The van der Waals surface area contributed by atoms with Crippen LogP contribution < -0.4 is 10.6 Å². The minimum atomic E-state index is 0.689. The van der Waals surface area contributed by atoms with Crippen molar-refractivity contribution >= 4 is 0 Å². The second kappa shape index (κ2) is 5.28. The van der Waals surface area contributed by atoms with Gasteiger partial charge in [-0.05, 0) is 6.92 Å². The summed E-state index contributed by atoms with van der Waals surface area (Å²) in [6.45, 7) is 2.63. The highest BCUT2D eigenvalue weighted by Crippen LogP contribution is 1.86. The normalized spacial score (nSPS) is 10.8. The maximum atomic E-state index is 5.12. The van der Waals surface area contributed by atoms with Crippen LogP contribution in [-0.2, 0) is 4.74 Å². The second-order valence-electron chi connectivity index (χ2n) is 1.48. The van der Waals surface area contributed by atoms with Gasteiger partial charge in [0.2, 0.25) is 5.88 Å². The number of ether oxygens (including phenoxy) is 1. The summed E-state index contributed by atoms with van der Waals surface area (Å²) in [6.07, 6.45) is 1.77. The maximum absolute atomic E-state index is 5.12. The molecule has 3 heteroatoms. The van der Waals surface area contributed by atoms with E-state index in [0.29, 0.717) is 6.61 Å². The number of hydrogen-bond acceptors (Lipinski definition) is 3. The molecule has 0 spiro atoms. The Kier molecular flexibility index (Phi) is 4.78. The fraction of sp³-hybridized carbons (Fsp3) is 0.667. The van der Waals surface area contributed by atoms with Gasteiger partial charge in [0, 0.05) is 14.1 Å². The third kappa shape index (κ3) is 3.70. The fourth-order valence-corrected chi connectivity index (χ4v) is 0.473. The van der Waals surface area contributed by atoms with Gasteiger partial charge in [0.25, 0.3) is 0 Å². The molecule has 3 nitrogen and oxygen atoms in total. The molecule has 0 unspecified atom stereocenters. The van der Waals surface area contributed by atoms with E-state index in [4.69, 9.17) is 4.74 Å². The molecular formula is C6H14N2O. The zero-order valence-electron chi connectivity index (χ0n) is 6.19. The Hall–Kier alpha value is -0.860. The summed E-state index contributed by atoms with van der Waals surface area (Å²) in [4.78, 5) is 0. The molecule has 0 aromatic carbocycles. The lowest BCUT2D eigenvalue weighted by atomic mass is 10.7. The van der Waals surface area contributed by atoms with Crippen LogP contribution in [0.5, 0.6) is 0 Å². The van der Waals surface area contributed by atoms with Crippen molar-refractivity contribution in [3.8, 4) is 0 Å². The van der Waals surface area contributed by atoms with E-state index in [2.05, 4.69) is 10.6 Å². The van der Waals surface area contributed by atoms with Crippen molar-refractivity contribution in [3.63, 3.8) is 0 Å². The summed E-state index contributed by atoms with van der Waals surface area (Å²) in [5.41, 5.74) is 0. The van der Waals surface area contributed by atoms with E-state index in [-0.39, 0.29) is 0 Å². The minimum Gasteiger partial charge on any atom is -0.478 e. The molecule has 0 aromatic rings. The molecule has 0 amide bonds. The van der Waals surface area contributed by atoms with Gasteiger partial charge in [0.1, 0.15) is 0 Å². The van der Waals surface area contributed by atoms with Gasteiger partial charge in [0.05, 0.1) is 12.8 Å². The lowest BCUT2D eigenvalue weighted by Crippen LogP contribution is -2.12. The third-order valence-corrected chi connectivity index (χ3v) is 0.822. The highest BCUT2D eigenvalue weighted by atomic mass is 16.5. The largest absolute Gasteiger partial charge is 0.478 e. The lowest BCUT2D eigenvalue weighted by Gasteiger charge is -2.05. The first-order chi connectivity index (χ1) is 4.35. The average molecular weight is 130 g/mol. The zero-order chi connectivity index (χ0) is 7.11. The highest BCUT2D eigenvalue weighted by Gasteiger charge is 1.86. The molecule has 0 aliphatic heterocycles. The monoisotopic (exact) mass is 130 g/mol. The molecule has 0 bridgehead atoms. The summed E-state index contributed by atoms with van der Waals surface area (Å²) in [7, 11) is 3.65. The SMILES string of the molecule is CCO/C(=C/NC)NC. The second-order valence-corrected chi connectivity index (χ2v) is 1.48. The molecule has 2 N–H and O–H groups in total. The Morgan fingerprint density at radius 2 is 2.22 bits per heavy atom. The van der Waals surface area contributed by atoms with Crippen LogP contribution in [0.1, 0.15) is 6.92 Å². The van der Waals surface area contributed by atoms with Gasteiger partial charge in [-0.1, -0.05) is 0 Å². The van der Waals surface area contributed by atoms with Crippen molar-refractivity contribution in [1.29, 1.82) is 0 Å². The number of nitrogens with one attached hydrogen (secondary N) is 2. The van der Waals surface area contributed by atoms with Crippen LogP contribution in [0.4, 0.5) is 0 Å². The molecule has 0 aliphatic rings. The van der Waals surface area contributed by atoms with Crippen molar-refractivity contribution in [3.05, 3.63) is 12.1 Å². The fourth-order valence-electron chi connectivity index (χ4n) is 0.473. The molecule has 0 rings (SSSR count). The van der Waals surface area contributed by atoms with Gasteiger partial charge in [-0.3, -0.25) is 0 Å². The molecule has 0 radical (unpaired) electrons. The lowest BCUT2D eigenvalue weighted by molar-refractivity contribution is 0.209. The van der Waals surface area contributed by atoms with E-state index >= 15 is 0 Å². The van der Waals surface area contributed by atoms with E-state index in [1.54, 1.807) is 6.20 Å². The Morgan fingerprint density at radius 1 is 1.56 bits per heavy atom. The van der Waals surface area contributed by atoms with Crippen molar-refractivity contribution in [2.24, 2.45) is 0 Å². The van der Waals surface area contributed by atoms with Crippen LogP contribution in [0.25, 0.3) is 0 Å². The molecule has 54 valence electrons. The molecule has 0 saturated heterocycles. The van der Waals surface area contributed by atoms with E-state index in [1.807, 2.05) is 21.0 Å². The van der Waals surface area contributed by atoms with E-state index < -0.39 is 0 Å². The Balaban J connectivity index is 3.53. The first-order valence-electron chi connectivity index (χ1n) is 3.03. The van der Waals surface area contributed by atoms with E-state index in [0.717, 1.165) is 5.88 Å². The minimum absolute atomic E-state index is 0.689. The Morgan fingerprint density at radius 3 is 2.56 bits per heavy atom. The molecule has 0 heterocycles. The van der Waals surface area contributed by atoms with Crippen LogP contribution in [0.2, 0.25) is 0 Å². The summed E-state index contributed by atoms with van der Waals surface area (Å²) in [5.74, 6) is 0.764. The van der Waals surface area contributed by atoms with Crippen molar-refractivity contribution in [2.75, 3.05) is 20.7 Å². The van der Waals surface area contributed by atoms with Crippen LogP contribution in [-0.4, -0.2) is 20.7 Å². The van der Waals surface area contributed by atoms with E-state index in [9.17, 15) is 0 Å². The summed E-state index contributed by atoms with van der Waals surface area (Å²) < 4.78 is 5.12. The van der Waals surface area contributed by atoms with Gasteiger partial charge in [-0.25, -0.2) is 0 Å². The maximum Gasteiger partial charge on any atom is 0.202 e. The van der Waals surface area contributed by atoms with Gasteiger partial charge in [0.15, 0.2) is 0 Å². The molecule has 0 saturated carbocycles. The van der Waals surface area contributed by atoms with Crippen LogP contribution in [0, 0.1) is 0 Å². The predicted octanol–water partition coefficient (Wildman–Crippen LogP) is 0.261. The van der Waals surface area contributed by atoms with Gasteiger partial charge < -0.3 is 15.4 Å². The van der Waals surface area contributed by atoms with Gasteiger partial charge in [-0.2, -0.15) is 0 Å². The Labute approximate surface area is 56.1 Å². The first kappa shape index (κ1) is 8.14. The van der Waals surface area contributed by atoms with Crippen LogP contribution >= 0.6 is 0 Å². The molecular weight excluding hydrogens is 116 g/mol.